The summed E-state index contributed by atoms with van der Waals surface area (Å²) in [4.78, 5) is 31.7. The zero-order valence-corrected chi connectivity index (χ0v) is 16.9. The summed E-state index contributed by atoms with van der Waals surface area (Å²) in [5.74, 6) is 0.353. The van der Waals surface area contributed by atoms with Gasteiger partial charge in [-0.3, -0.25) is 9.59 Å². The standard InChI is InChI=1S/C21H22F3N5O2/c1-13-12-28(18-5-2-15(10-26-18)21(22,23)24)6-7-29(13)20(31)11-25-16-3-4-17-14(8-16)9-19(30)27-17/h2-5,8,10,13,25H,6-7,9,11-12H2,1H3,(H,27,30)/t13-/m1/s1. The number of amides is 2. The van der Waals surface area contributed by atoms with Gasteiger partial charge in [0.05, 0.1) is 18.5 Å². The number of pyridine rings is 1. The molecule has 164 valence electrons. The van der Waals surface area contributed by atoms with Crippen LogP contribution in [0.4, 0.5) is 30.4 Å². The summed E-state index contributed by atoms with van der Waals surface area (Å²) < 4.78 is 38.2. The lowest BCUT2D eigenvalue weighted by Gasteiger charge is -2.40. The molecule has 4 rings (SSSR count). The molecule has 0 saturated carbocycles. The van der Waals surface area contributed by atoms with Crippen LogP contribution >= 0.6 is 0 Å². The SMILES string of the molecule is C[C@@H]1CN(c2ccc(C(F)(F)F)cn2)CCN1C(=O)CNc1ccc2c(c1)CC(=O)N2. The van der Waals surface area contributed by atoms with E-state index in [2.05, 4.69) is 15.6 Å². The second kappa shape index (κ2) is 8.09. The molecule has 10 heteroatoms. The van der Waals surface area contributed by atoms with Crippen molar-refractivity contribution in [1.82, 2.24) is 9.88 Å². The second-order valence-electron chi connectivity index (χ2n) is 7.74. The number of hydrogen-bond acceptors (Lipinski definition) is 5. The molecular formula is C21H22F3N5O2. The zero-order valence-electron chi connectivity index (χ0n) is 16.9. The first-order valence-corrected chi connectivity index (χ1v) is 9.95. The molecule has 0 spiro atoms. The maximum Gasteiger partial charge on any atom is 0.417 e. The topological polar surface area (TPSA) is 77.6 Å². The van der Waals surface area contributed by atoms with E-state index in [-0.39, 0.29) is 24.4 Å². The average Bonchev–Trinajstić information content (AvgIpc) is 3.10. The van der Waals surface area contributed by atoms with Gasteiger partial charge in [0.15, 0.2) is 0 Å². The Hall–Kier alpha value is -3.30. The predicted molar refractivity (Wildman–Crippen MR) is 110 cm³/mol. The lowest BCUT2D eigenvalue weighted by Crippen LogP contribution is -2.55. The molecule has 31 heavy (non-hydrogen) atoms. The normalized spacial score (nSPS) is 18.6. The molecule has 0 bridgehead atoms. The molecule has 0 unspecified atom stereocenters. The highest BCUT2D eigenvalue weighted by atomic mass is 19.4. The molecule has 2 aliphatic heterocycles. The van der Waals surface area contributed by atoms with E-state index >= 15 is 0 Å². The van der Waals surface area contributed by atoms with Gasteiger partial charge in [-0.1, -0.05) is 0 Å². The van der Waals surface area contributed by atoms with Gasteiger partial charge in [-0.05, 0) is 42.8 Å². The van der Waals surface area contributed by atoms with Crippen molar-refractivity contribution in [2.75, 3.05) is 41.7 Å². The summed E-state index contributed by atoms with van der Waals surface area (Å²) in [6.45, 7) is 3.44. The van der Waals surface area contributed by atoms with Crippen molar-refractivity contribution in [1.29, 1.82) is 0 Å². The van der Waals surface area contributed by atoms with E-state index in [0.717, 1.165) is 29.2 Å². The van der Waals surface area contributed by atoms with E-state index in [9.17, 15) is 22.8 Å². The Balaban J connectivity index is 1.32. The van der Waals surface area contributed by atoms with Crippen molar-refractivity contribution < 1.29 is 22.8 Å². The number of halogens is 3. The van der Waals surface area contributed by atoms with Crippen molar-refractivity contribution in [2.24, 2.45) is 0 Å². The third-order valence-electron chi connectivity index (χ3n) is 5.52. The quantitative estimate of drug-likeness (QED) is 0.776. The van der Waals surface area contributed by atoms with Crippen LogP contribution in [0.15, 0.2) is 36.5 Å². The van der Waals surface area contributed by atoms with E-state index in [1.165, 1.54) is 6.07 Å². The fourth-order valence-corrected chi connectivity index (χ4v) is 3.90. The first-order chi connectivity index (χ1) is 14.7. The maximum absolute atomic E-state index is 12.7. The summed E-state index contributed by atoms with van der Waals surface area (Å²) >= 11 is 0. The maximum atomic E-state index is 12.7. The van der Waals surface area contributed by atoms with E-state index in [0.29, 0.717) is 31.9 Å². The van der Waals surface area contributed by atoms with Crippen molar-refractivity contribution in [3.63, 3.8) is 0 Å². The number of nitrogens with zero attached hydrogens (tertiary/aromatic N) is 3. The third kappa shape index (κ3) is 4.57. The Kier molecular flexibility index (Phi) is 5.47. The first-order valence-electron chi connectivity index (χ1n) is 9.95. The van der Waals surface area contributed by atoms with Crippen LogP contribution in [0.1, 0.15) is 18.1 Å². The molecule has 7 nitrogen and oxygen atoms in total. The minimum Gasteiger partial charge on any atom is -0.376 e. The summed E-state index contributed by atoms with van der Waals surface area (Å²) in [7, 11) is 0. The van der Waals surface area contributed by atoms with Gasteiger partial charge in [0.25, 0.3) is 0 Å². The number of aromatic nitrogens is 1. The lowest BCUT2D eigenvalue weighted by atomic mass is 10.1. The molecule has 2 amide bonds. The minimum atomic E-state index is -4.41. The van der Waals surface area contributed by atoms with Crippen molar-refractivity contribution in [3.8, 4) is 0 Å². The number of nitrogens with one attached hydrogen (secondary N) is 2. The molecular weight excluding hydrogens is 411 g/mol. The van der Waals surface area contributed by atoms with E-state index < -0.39 is 11.7 Å². The Morgan fingerprint density at radius 1 is 1.26 bits per heavy atom. The molecule has 1 aromatic heterocycles. The molecule has 0 aliphatic carbocycles. The van der Waals surface area contributed by atoms with Gasteiger partial charge < -0.3 is 20.4 Å². The first kappa shape index (κ1) is 21.0. The van der Waals surface area contributed by atoms with Crippen LogP contribution in [0.5, 0.6) is 0 Å². The summed E-state index contributed by atoms with van der Waals surface area (Å²) in [5.41, 5.74) is 1.68. The van der Waals surface area contributed by atoms with Gasteiger partial charge in [0, 0.05) is 43.2 Å². The Labute approximate surface area is 177 Å². The Morgan fingerprint density at radius 3 is 2.74 bits per heavy atom. The monoisotopic (exact) mass is 433 g/mol. The van der Waals surface area contributed by atoms with Gasteiger partial charge in [-0.25, -0.2) is 4.98 Å². The molecule has 1 atom stereocenters. The molecule has 2 N–H and O–H groups in total. The molecule has 1 fully saturated rings. The van der Waals surface area contributed by atoms with E-state index in [1.807, 2.05) is 30.0 Å². The third-order valence-corrected chi connectivity index (χ3v) is 5.52. The fraction of sp³-hybridized carbons (Fsp3) is 0.381. The van der Waals surface area contributed by atoms with Crippen molar-refractivity contribution >= 4 is 29.0 Å². The Bertz CT molecular complexity index is 993. The molecule has 3 heterocycles. The second-order valence-corrected chi connectivity index (χ2v) is 7.74. The van der Waals surface area contributed by atoms with Crippen molar-refractivity contribution in [3.05, 3.63) is 47.7 Å². The Morgan fingerprint density at radius 2 is 2.06 bits per heavy atom. The molecule has 0 radical (unpaired) electrons. The number of carbonyl (C=O) groups excluding carboxylic acids is 2. The molecule has 1 saturated heterocycles. The number of alkyl halides is 3. The highest BCUT2D eigenvalue weighted by molar-refractivity contribution is 5.99. The van der Waals surface area contributed by atoms with Gasteiger partial charge in [0.1, 0.15) is 5.82 Å². The fourth-order valence-electron chi connectivity index (χ4n) is 3.90. The number of fused-ring (bicyclic) bond motifs is 1. The van der Waals surface area contributed by atoms with Crippen LogP contribution in [0.25, 0.3) is 0 Å². The van der Waals surface area contributed by atoms with Crippen molar-refractivity contribution in [2.45, 2.75) is 25.6 Å². The van der Waals surface area contributed by atoms with Crippen LogP contribution in [-0.2, 0) is 22.2 Å². The molecule has 2 aliphatic rings. The highest BCUT2D eigenvalue weighted by Gasteiger charge is 2.32. The number of piperazine rings is 1. The number of carbonyl (C=O) groups is 2. The van der Waals surface area contributed by atoms with Gasteiger partial charge >= 0.3 is 6.18 Å². The van der Waals surface area contributed by atoms with E-state index in [1.54, 1.807) is 4.90 Å². The minimum absolute atomic E-state index is 0.0440. The lowest BCUT2D eigenvalue weighted by molar-refractivity contribution is -0.138. The van der Waals surface area contributed by atoms with E-state index in [4.69, 9.17) is 0 Å². The van der Waals surface area contributed by atoms with Crippen LogP contribution in [-0.4, -0.2) is 53.9 Å². The van der Waals surface area contributed by atoms with Crippen LogP contribution in [0, 0.1) is 0 Å². The number of rotatable bonds is 4. The number of anilines is 3. The van der Waals surface area contributed by atoms with Crippen LogP contribution in [0.2, 0.25) is 0 Å². The molecule has 2 aromatic rings. The largest absolute Gasteiger partial charge is 0.417 e. The summed E-state index contributed by atoms with van der Waals surface area (Å²) in [6, 6.07) is 7.75. The number of benzene rings is 1. The summed E-state index contributed by atoms with van der Waals surface area (Å²) in [5, 5.41) is 5.87. The summed E-state index contributed by atoms with van der Waals surface area (Å²) in [6.07, 6.45) is -3.25. The zero-order chi connectivity index (χ0) is 22.2. The van der Waals surface area contributed by atoms with Crippen LogP contribution in [0.3, 0.4) is 0 Å². The van der Waals surface area contributed by atoms with Gasteiger partial charge in [-0.15, -0.1) is 0 Å². The highest BCUT2D eigenvalue weighted by Crippen LogP contribution is 2.30. The number of hydrogen-bond donors (Lipinski definition) is 2. The van der Waals surface area contributed by atoms with Crippen LogP contribution < -0.4 is 15.5 Å². The predicted octanol–water partition coefficient (Wildman–Crippen LogP) is 2.74. The average molecular weight is 433 g/mol. The van der Waals surface area contributed by atoms with Gasteiger partial charge in [0.2, 0.25) is 11.8 Å². The molecule has 1 aromatic carbocycles. The van der Waals surface area contributed by atoms with Gasteiger partial charge in [-0.2, -0.15) is 13.2 Å². The smallest absolute Gasteiger partial charge is 0.376 e.